The molecule has 0 unspecified atom stereocenters. The van der Waals surface area contributed by atoms with Crippen molar-refractivity contribution >= 4 is 12.6 Å². The summed E-state index contributed by atoms with van der Waals surface area (Å²) >= 11 is 0. The lowest BCUT2D eigenvalue weighted by Gasteiger charge is -2.32. The molecular formula is C15H20BF3O3. The third kappa shape index (κ3) is 3.58. The maximum absolute atomic E-state index is 12.2. The topological polar surface area (TPSA) is 27.7 Å². The highest BCUT2D eigenvalue weighted by Gasteiger charge is 2.52. The highest BCUT2D eigenvalue weighted by molar-refractivity contribution is 6.62. The molecule has 0 saturated carbocycles. The van der Waals surface area contributed by atoms with Crippen molar-refractivity contribution in [3.63, 3.8) is 0 Å². The Morgan fingerprint density at radius 1 is 1.09 bits per heavy atom. The van der Waals surface area contributed by atoms with Gasteiger partial charge in [0.25, 0.3) is 0 Å². The van der Waals surface area contributed by atoms with Gasteiger partial charge in [0.05, 0.1) is 11.2 Å². The standard InChI is InChI=1S/C15H20BF3O3/c1-10-8-11(20-9-15(17,18)19)6-7-12(10)16-21-13(2,3)14(4,5)22-16/h6-8H,9H2,1-5H3. The Morgan fingerprint density at radius 2 is 1.64 bits per heavy atom. The molecule has 2 rings (SSSR count). The summed E-state index contributed by atoms with van der Waals surface area (Å²) in [5, 5.41) is 0. The lowest BCUT2D eigenvalue weighted by Crippen LogP contribution is -2.41. The number of benzene rings is 1. The summed E-state index contributed by atoms with van der Waals surface area (Å²) < 4.78 is 53.1. The van der Waals surface area contributed by atoms with E-state index in [9.17, 15) is 13.2 Å². The van der Waals surface area contributed by atoms with Crippen molar-refractivity contribution in [1.82, 2.24) is 0 Å². The van der Waals surface area contributed by atoms with E-state index in [0.717, 1.165) is 11.0 Å². The van der Waals surface area contributed by atoms with E-state index in [1.807, 2.05) is 27.7 Å². The average Bonchev–Trinajstić information content (AvgIpc) is 2.55. The molecule has 3 nitrogen and oxygen atoms in total. The maximum atomic E-state index is 12.2. The van der Waals surface area contributed by atoms with Gasteiger partial charge in [-0.05, 0) is 57.8 Å². The second kappa shape index (κ2) is 5.46. The van der Waals surface area contributed by atoms with E-state index < -0.39 is 31.1 Å². The monoisotopic (exact) mass is 316 g/mol. The minimum Gasteiger partial charge on any atom is -0.484 e. The third-order valence-corrected chi connectivity index (χ3v) is 4.15. The van der Waals surface area contributed by atoms with E-state index in [1.165, 1.54) is 6.07 Å². The van der Waals surface area contributed by atoms with Crippen LogP contribution in [0.25, 0.3) is 0 Å². The van der Waals surface area contributed by atoms with Gasteiger partial charge in [0, 0.05) is 0 Å². The Bertz CT molecular complexity index is 539. The number of ether oxygens (including phenoxy) is 1. The molecule has 0 atom stereocenters. The summed E-state index contributed by atoms with van der Waals surface area (Å²) in [6.07, 6.45) is -4.35. The molecule has 122 valence electrons. The van der Waals surface area contributed by atoms with Gasteiger partial charge in [0.2, 0.25) is 0 Å². The lowest BCUT2D eigenvalue weighted by atomic mass is 9.76. The first-order chi connectivity index (χ1) is 9.91. The van der Waals surface area contributed by atoms with Crippen LogP contribution in [-0.2, 0) is 9.31 Å². The molecule has 0 aliphatic carbocycles. The largest absolute Gasteiger partial charge is 0.495 e. The Balaban J connectivity index is 2.14. The number of rotatable bonds is 3. The van der Waals surface area contributed by atoms with Crippen molar-refractivity contribution < 1.29 is 27.2 Å². The molecule has 0 radical (unpaired) electrons. The Labute approximate surface area is 128 Å². The van der Waals surface area contributed by atoms with E-state index in [0.29, 0.717) is 0 Å². The molecule has 0 bridgehead atoms. The molecule has 1 aliphatic heterocycles. The number of halogens is 3. The first-order valence-electron chi connectivity index (χ1n) is 7.07. The van der Waals surface area contributed by atoms with Gasteiger partial charge >= 0.3 is 13.3 Å². The summed E-state index contributed by atoms with van der Waals surface area (Å²) in [6.45, 7) is 8.28. The summed E-state index contributed by atoms with van der Waals surface area (Å²) in [5.74, 6) is 0.176. The van der Waals surface area contributed by atoms with Crippen molar-refractivity contribution in [1.29, 1.82) is 0 Å². The van der Waals surface area contributed by atoms with Crippen molar-refractivity contribution in [3.05, 3.63) is 23.8 Å². The molecule has 1 aliphatic rings. The Hall–Kier alpha value is -1.21. The van der Waals surface area contributed by atoms with Gasteiger partial charge in [-0.15, -0.1) is 0 Å². The van der Waals surface area contributed by atoms with Crippen LogP contribution < -0.4 is 10.2 Å². The fourth-order valence-electron chi connectivity index (χ4n) is 2.14. The molecule has 0 spiro atoms. The predicted octanol–water partition coefficient (Wildman–Crippen LogP) is 3.24. The van der Waals surface area contributed by atoms with Gasteiger partial charge in [0.1, 0.15) is 5.75 Å². The minimum atomic E-state index is -4.35. The van der Waals surface area contributed by atoms with Crippen molar-refractivity contribution in [3.8, 4) is 5.75 Å². The molecule has 1 fully saturated rings. The van der Waals surface area contributed by atoms with Crippen molar-refractivity contribution in [2.45, 2.75) is 52.0 Å². The number of hydrogen-bond acceptors (Lipinski definition) is 3. The van der Waals surface area contributed by atoms with Crippen LogP contribution in [0.15, 0.2) is 18.2 Å². The van der Waals surface area contributed by atoms with Crippen LogP contribution in [-0.4, -0.2) is 31.1 Å². The van der Waals surface area contributed by atoms with E-state index >= 15 is 0 Å². The van der Waals surface area contributed by atoms with Crippen LogP contribution in [0.5, 0.6) is 5.75 Å². The second-order valence-electron chi connectivity index (χ2n) is 6.51. The summed E-state index contributed by atoms with van der Waals surface area (Å²) in [4.78, 5) is 0. The van der Waals surface area contributed by atoms with E-state index in [4.69, 9.17) is 14.0 Å². The second-order valence-corrected chi connectivity index (χ2v) is 6.51. The quantitative estimate of drug-likeness (QED) is 0.801. The lowest BCUT2D eigenvalue weighted by molar-refractivity contribution is -0.153. The Kier molecular flexibility index (Phi) is 4.26. The summed E-state index contributed by atoms with van der Waals surface area (Å²) in [6, 6.07) is 4.74. The normalized spacial score (nSPS) is 20.3. The van der Waals surface area contributed by atoms with Crippen LogP contribution in [0.1, 0.15) is 33.3 Å². The summed E-state index contributed by atoms with van der Waals surface area (Å²) in [7, 11) is -0.540. The highest BCUT2D eigenvalue weighted by atomic mass is 19.4. The molecular weight excluding hydrogens is 296 g/mol. The van der Waals surface area contributed by atoms with Crippen LogP contribution in [0.2, 0.25) is 0 Å². The number of aryl methyl sites for hydroxylation is 1. The molecule has 7 heteroatoms. The molecule has 0 amide bonds. The van der Waals surface area contributed by atoms with Gasteiger partial charge in [-0.1, -0.05) is 6.07 Å². The zero-order valence-corrected chi connectivity index (χ0v) is 13.4. The fraction of sp³-hybridized carbons (Fsp3) is 0.600. The average molecular weight is 316 g/mol. The molecule has 1 aromatic carbocycles. The zero-order valence-electron chi connectivity index (χ0n) is 13.4. The van der Waals surface area contributed by atoms with Crippen LogP contribution >= 0.6 is 0 Å². The molecule has 1 saturated heterocycles. The van der Waals surface area contributed by atoms with Crippen molar-refractivity contribution in [2.75, 3.05) is 6.61 Å². The smallest absolute Gasteiger partial charge is 0.484 e. The van der Waals surface area contributed by atoms with Crippen LogP contribution in [0.3, 0.4) is 0 Å². The van der Waals surface area contributed by atoms with E-state index in [2.05, 4.69) is 0 Å². The molecule has 1 aromatic rings. The van der Waals surface area contributed by atoms with Crippen LogP contribution in [0, 0.1) is 6.92 Å². The fourth-order valence-corrected chi connectivity index (χ4v) is 2.14. The maximum Gasteiger partial charge on any atom is 0.495 e. The van der Waals surface area contributed by atoms with E-state index in [-0.39, 0.29) is 5.75 Å². The first-order valence-corrected chi connectivity index (χ1v) is 7.07. The van der Waals surface area contributed by atoms with Gasteiger partial charge in [-0.2, -0.15) is 13.2 Å². The minimum absolute atomic E-state index is 0.176. The Morgan fingerprint density at radius 3 is 2.09 bits per heavy atom. The number of alkyl halides is 3. The van der Waals surface area contributed by atoms with Gasteiger partial charge < -0.3 is 14.0 Å². The van der Waals surface area contributed by atoms with Crippen LogP contribution in [0.4, 0.5) is 13.2 Å². The first kappa shape index (κ1) is 17.2. The molecule has 0 N–H and O–H groups in total. The predicted molar refractivity (Wildman–Crippen MR) is 78.4 cm³/mol. The third-order valence-electron chi connectivity index (χ3n) is 4.15. The van der Waals surface area contributed by atoms with Gasteiger partial charge in [-0.3, -0.25) is 0 Å². The van der Waals surface area contributed by atoms with Gasteiger partial charge in [-0.25, -0.2) is 0 Å². The van der Waals surface area contributed by atoms with Crippen molar-refractivity contribution in [2.24, 2.45) is 0 Å². The number of hydrogen-bond donors (Lipinski definition) is 0. The highest BCUT2D eigenvalue weighted by Crippen LogP contribution is 2.36. The SMILES string of the molecule is Cc1cc(OCC(F)(F)F)ccc1B1OC(C)(C)C(C)(C)O1. The molecule has 1 heterocycles. The summed E-state index contributed by atoms with van der Waals surface area (Å²) in [5.41, 5.74) is 0.627. The zero-order chi connectivity index (χ0) is 16.8. The van der Waals surface area contributed by atoms with E-state index in [1.54, 1.807) is 19.1 Å². The molecule has 0 aromatic heterocycles. The molecule has 22 heavy (non-hydrogen) atoms. The van der Waals surface area contributed by atoms with Gasteiger partial charge in [0.15, 0.2) is 6.61 Å².